The average molecular weight is 793 g/mol. The number of aromatic nitrogens is 2. The first-order valence-corrected chi connectivity index (χ1v) is 16.7. The number of nitrogens with zero attached hydrogens (tertiary/aromatic N) is 3. The molecule has 26 heteroatoms. The van der Waals surface area contributed by atoms with Gasteiger partial charge in [-0.15, -0.1) is 0 Å². The molecule has 2 aromatic carbocycles. The topological polar surface area (TPSA) is 284 Å². The van der Waals surface area contributed by atoms with Crippen molar-refractivity contribution in [2.24, 2.45) is 5.10 Å². The van der Waals surface area contributed by atoms with Gasteiger partial charge in [0, 0.05) is 5.69 Å². The van der Waals surface area contributed by atoms with E-state index in [4.69, 9.17) is 0 Å². The third-order valence-corrected chi connectivity index (χ3v) is 9.23. The molecule has 0 atom stereocenters. The summed E-state index contributed by atoms with van der Waals surface area (Å²) in [5, 5.41) is 20.9. The Morgan fingerprint density at radius 2 is 1.39 bits per heavy atom. The molecule has 4 rings (SSSR count). The van der Waals surface area contributed by atoms with E-state index < -0.39 is 62.2 Å². The van der Waals surface area contributed by atoms with Crippen LogP contribution in [0.15, 0.2) is 83.6 Å². The van der Waals surface area contributed by atoms with Crippen LogP contribution in [-0.2, 0) is 44.5 Å². The molecule has 0 aliphatic carbocycles. The number of amides is 1. The molecule has 49 heavy (non-hydrogen) atoms. The smallest absolute Gasteiger partial charge is 0.744 e. The van der Waals surface area contributed by atoms with Crippen molar-refractivity contribution < 1.29 is 177 Å². The zero-order valence-corrected chi connectivity index (χ0v) is 37.7. The third-order valence-electron chi connectivity index (χ3n) is 6.03. The van der Waals surface area contributed by atoms with Crippen LogP contribution in [0.1, 0.15) is 18.2 Å². The summed E-state index contributed by atoms with van der Waals surface area (Å²) in [4.78, 5) is 23.8. The molecule has 1 aliphatic rings. The maximum Gasteiger partial charge on any atom is 1.00 e. The molecule has 1 aliphatic heterocycles. The van der Waals surface area contributed by atoms with E-state index in [9.17, 15) is 53.8 Å². The predicted octanol–water partition coefficient (Wildman–Crippen LogP) is -12.2. The van der Waals surface area contributed by atoms with Gasteiger partial charge in [-0.25, -0.2) is 29.9 Å². The number of anilines is 1. The van der Waals surface area contributed by atoms with Gasteiger partial charge in [0.2, 0.25) is 0 Å². The van der Waals surface area contributed by atoms with Crippen LogP contribution in [0.4, 0.5) is 5.69 Å². The van der Waals surface area contributed by atoms with Crippen molar-refractivity contribution in [1.29, 1.82) is 0 Å². The Kier molecular flexibility index (Phi) is 19.4. The molecule has 0 bridgehead atoms. The van der Waals surface area contributed by atoms with Crippen LogP contribution in [0.2, 0.25) is 0 Å². The fourth-order valence-corrected chi connectivity index (χ4v) is 6.10. The van der Waals surface area contributed by atoms with Gasteiger partial charge in [-0.1, -0.05) is 6.08 Å². The fourth-order valence-electron chi connectivity index (χ4n) is 4.02. The van der Waals surface area contributed by atoms with E-state index in [1.165, 1.54) is 32.1 Å². The van der Waals surface area contributed by atoms with Crippen LogP contribution in [0.25, 0.3) is 11.8 Å². The maximum atomic E-state index is 13.2. The van der Waals surface area contributed by atoms with Gasteiger partial charge in [0.15, 0.2) is 0 Å². The zero-order chi connectivity index (χ0) is 33.5. The van der Waals surface area contributed by atoms with Crippen molar-refractivity contribution in [3.8, 4) is 5.69 Å². The number of rotatable bonds is 10. The molecule has 0 saturated carbocycles. The molecule has 2 heterocycles. The van der Waals surface area contributed by atoms with Crippen LogP contribution >= 0.6 is 12.0 Å². The van der Waals surface area contributed by atoms with Gasteiger partial charge < -0.3 is 18.9 Å². The number of hydrogen-bond acceptors (Lipinski definition) is 16. The number of carbonyl (C=O) groups is 1. The third kappa shape index (κ3) is 11.5. The van der Waals surface area contributed by atoms with E-state index >= 15 is 0 Å². The fraction of sp³-hybridized carbons (Fsp3) is 0.0870. The first-order valence-electron chi connectivity index (χ1n) is 11.7. The quantitative estimate of drug-likeness (QED) is 0.0498. The van der Waals surface area contributed by atoms with Crippen LogP contribution in [0.5, 0.6) is 0 Å². The number of benzene rings is 2. The van der Waals surface area contributed by atoms with Crippen molar-refractivity contribution in [3.05, 3.63) is 75.7 Å². The minimum Gasteiger partial charge on any atom is -0.744 e. The molecule has 0 fully saturated rings. The molecule has 18 nitrogen and oxygen atoms in total. The molecule has 1 amide bonds. The average Bonchev–Trinajstić information content (AvgIpc) is 3.39. The van der Waals surface area contributed by atoms with E-state index in [0.29, 0.717) is 34.9 Å². The zero-order valence-electron chi connectivity index (χ0n) is 26.4. The predicted molar refractivity (Wildman–Crippen MR) is 147 cm³/mol. The first-order chi connectivity index (χ1) is 20.8. The second-order valence-electron chi connectivity index (χ2n) is 8.87. The van der Waals surface area contributed by atoms with E-state index in [1.807, 2.05) is 0 Å². The summed E-state index contributed by atoms with van der Waals surface area (Å²) >= 11 is 0.304. The summed E-state index contributed by atoms with van der Waals surface area (Å²) in [7, 11) is -15.3. The number of aryl methyl sites for hydroxylation is 1. The van der Waals surface area contributed by atoms with Crippen molar-refractivity contribution in [1.82, 2.24) is 9.78 Å². The Bertz CT molecular complexity index is 2220. The Balaban J connectivity index is 0.00000576. The van der Waals surface area contributed by atoms with Crippen LogP contribution < -0.4 is 134 Å². The standard InChI is InChI=1S/C23H20N4O14S4.4Na/c1-12-16(22(28)26(24-12)18-10-14(43(31,32)33)6-8-20(18)42-41-40-30)4-3-5-17-13(2)25-27(23(17)29)19-11-15(44(34,35)36)7-9-21(19)45(37,38)39;;;;/h3-11,25,30H,1-2H3,(H,31,32,33)(H,34,35,36)(H,37,38,39);;;;/q;4*+1/p-4/b5-3+,16-4-;;;;. The number of hydrazone groups is 1. The van der Waals surface area contributed by atoms with Gasteiger partial charge in [0.05, 0.1) is 59.8 Å². The minimum absolute atomic E-state index is 0. The van der Waals surface area contributed by atoms with Crippen molar-refractivity contribution in [3.63, 3.8) is 0 Å². The number of allylic oxidation sites excluding steroid dienone is 2. The molecule has 0 radical (unpaired) electrons. The molecule has 3 aromatic rings. The van der Waals surface area contributed by atoms with Crippen LogP contribution in [0, 0.1) is 6.92 Å². The van der Waals surface area contributed by atoms with Crippen LogP contribution in [-0.4, -0.2) is 60.3 Å². The van der Waals surface area contributed by atoms with Crippen molar-refractivity contribution in [2.45, 2.75) is 33.4 Å². The largest absolute Gasteiger partial charge is 1.00 e. The number of hydrogen-bond donors (Lipinski definition) is 1. The van der Waals surface area contributed by atoms with Gasteiger partial charge >= 0.3 is 118 Å². The second kappa shape index (κ2) is 19.4. The van der Waals surface area contributed by atoms with Gasteiger partial charge in [0.25, 0.3) is 11.5 Å². The number of carbonyl (C=O) groups excluding carboxylic acids is 1. The number of nitrogens with one attached hydrogen (secondary N) is 1. The molecule has 0 saturated heterocycles. The normalized spacial score (nSPS) is 14.2. The molecular weight excluding hydrogens is 776 g/mol. The Labute approximate surface area is 371 Å². The van der Waals surface area contributed by atoms with Gasteiger partial charge in [-0.3, -0.25) is 19.7 Å². The van der Waals surface area contributed by atoms with Gasteiger partial charge in [0.1, 0.15) is 30.4 Å². The van der Waals surface area contributed by atoms with Gasteiger partial charge in [-0.05, 0) is 62.4 Å². The second-order valence-corrected chi connectivity index (χ2v) is 13.7. The molecular formula is C23H16N4Na4O14S4. The molecule has 1 N–H and O–H groups in total. The Morgan fingerprint density at radius 3 is 1.92 bits per heavy atom. The maximum absolute atomic E-state index is 13.2. The Hall–Kier alpha value is 0.0300. The van der Waals surface area contributed by atoms with E-state index in [2.05, 4.69) is 19.6 Å². The number of H-pyrrole nitrogens is 1. The summed E-state index contributed by atoms with van der Waals surface area (Å²) < 4.78 is 109. The number of aromatic amines is 1. The summed E-state index contributed by atoms with van der Waals surface area (Å²) in [6.07, 6.45) is 3.63. The van der Waals surface area contributed by atoms with E-state index in [-0.39, 0.29) is 151 Å². The monoisotopic (exact) mass is 792 g/mol. The summed E-state index contributed by atoms with van der Waals surface area (Å²) in [6, 6.07) is 4.57. The van der Waals surface area contributed by atoms with Gasteiger partial charge in [-0.2, -0.15) is 14.4 Å². The van der Waals surface area contributed by atoms with E-state index in [0.717, 1.165) is 23.2 Å². The van der Waals surface area contributed by atoms with E-state index in [1.54, 1.807) is 0 Å². The van der Waals surface area contributed by atoms with Crippen LogP contribution in [0.3, 0.4) is 0 Å². The summed E-state index contributed by atoms with van der Waals surface area (Å²) in [5.41, 5.74) is -1.94. The summed E-state index contributed by atoms with van der Waals surface area (Å²) in [5.74, 6) is -0.827. The Morgan fingerprint density at radius 1 is 0.837 bits per heavy atom. The first kappa shape index (κ1) is 49.0. The van der Waals surface area contributed by atoms with Crippen molar-refractivity contribution >= 4 is 65.8 Å². The molecule has 240 valence electrons. The SMILES string of the molecule is CC1=NN(c2cc(S(=O)(=O)[O-])ccc2SOO[O-])C(=O)/C1=C\C=C\c1c(C)[nH]n(-c2cc(S(=O)(=O)[O-])ccc2S(=O)(=O)[O-])c1=O.[Na+].[Na+].[Na+].[Na+]. The minimum atomic E-state index is -5.24. The summed E-state index contributed by atoms with van der Waals surface area (Å²) in [6.45, 7) is 2.79. The molecule has 1 aromatic heterocycles. The van der Waals surface area contributed by atoms with Crippen molar-refractivity contribution in [2.75, 3.05) is 5.01 Å². The molecule has 0 unspecified atom stereocenters. The molecule has 0 spiro atoms.